The molecule has 2 aromatic carbocycles. The van der Waals surface area contributed by atoms with E-state index in [0.717, 1.165) is 5.56 Å². The van der Waals surface area contributed by atoms with Gasteiger partial charge in [-0.2, -0.15) is 0 Å². The number of anilines is 3. The van der Waals surface area contributed by atoms with Crippen LogP contribution in [0.4, 0.5) is 17.1 Å². The number of hydrogen-bond acceptors (Lipinski definition) is 4. The third kappa shape index (κ3) is 4.40. The predicted octanol–water partition coefficient (Wildman–Crippen LogP) is 2.77. The van der Waals surface area contributed by atoms with Gasteiger partial charge in [0.25, 0.3) is 0 Å². The Morgan fingerprint density at radius 3 is 2.52 bits per heavy atom. The number of hydrogen-bond donors (Lipinski definition) is 2. The van der Waals surface area contributed by atoms with E-state index in [-0.39, 0.29) is 5.75 Å². The minimum atomic E-state index is -3.32. The fourth-order valence-corrected chi connectivity index (χ4v) is 4.49. The van der Waals surface area contributed by atoms with Crippen LogP contribution in [-0.2, 0) is 19.6 Å². The zero-order chi connectivity index (χ0) is 19.6. The number of sulfonamides is 1. The summed E-state index contributed by atoms with van der Waals surface area (Å²) in [5.74, 6) is -1.61. The summed E-state index contributed by atoms with van der Waals surface area (Å²) < 4.78 is 25.4. The van der Waals surface area contributed by atoms with E-state index in [0.29, 0.717) is 35.1 Å². The van der Waals surface area contributed by atoms with Gasteiger partial charge in [0.15, 0.2) is 0 Å². The van der Waals surface area contributed by atoms with Crippen molar-refractivity contribution in [2.45, 2.75) is 13.3 Å². The molecule has 3 rings (SSSR count). The summed E-state index contributed by atoms with van der Waals surface area (Å²) in [4.78, 5) is 24.3. The van der Waals surface area contributed by atoms with Crippen molar-refractivity contribution in [3.8, 4) is 0 Å². The number of halogens is 1. The summed E-state index contributed by atoms with van der Waals surface area (Å²) in [5, 5.41) is 5.43. The number of carbonyl (C=O) groups is 2. The van der Waals surface area contributed by atoms with Crippen LogP contribution in [0.15, 0.2) is 42.5 Å². The Balaban J connectivity index is 1.71. The van der Waals surface area contributed by atoms with Crippen molar-refractivity contribution in [2.75, 3.05) is 27.2 Å². The Kier molecular flexibility index (Phi) is 5.38. The summed E-state index contributed by atoms with van der Waals surface area (Å²) in [6.07, 6.45) is 0.556. The summed E-state index contributed by atoms with van der Waals surface area (Å²) in [7, 11) is -3.32. The lowest BCUT2D eigenvalue weighted by atomic mass is 10.2. The van der Waals surface area contributed by atoms with Crippen molar-refractivity contribution in [1.82, 2.24) is 0 Å². The molecule has 1 fully saturated rings. The Hall–Kier alpha value is -2.58. The van der Waals surface area contributed by atoms with Crippen LogP contribution in [0.25, 0.3) is 0 Å². The Labute approximate surface area is 162 Å². The van der Waals surface area contributed by atoms with Gasteiger partial charge in [-0.3, -0.25) is 13.9 Å². The molecule has 1 saturated heterocycles. The normalized spacial score (nSPS) is 15.4. The largest absolute Gasteiger partial charge is 0.318 e. The van der Waals surface area contributed by atoms with Gasteiger partial charge in [-0.25, -0.2) is 8.42 Å². The molecular weight excluding hydrogens is 390 g/mol. The molecule has 0 unspecified atom stereocenters. The second kappa shape index (κ2) is 7.58. The number of benzene rings is 2. The molecule has 1 heterocycles. The third-order valence-electron chi connectivity index (χ3n) is 4.15. The van der Waals surface area contributed by atoms with Crippen molar-refractivity contribution in [2.24, 2.45) is 0 Å². The molecular formula is C18H18ClN3O4S. The standard InChI is InChI=1S/C18H18ClN3O4S/c1-12-6-7-13(19)10-16(12)21-18(24)17(23)20-14-4-2-5-15(11-14)22-8-3-9-27(22,25)26/h2,4-7,10-11H,3,8-9H2,1H3,(H,20,23)(H,21,24). The number of rotatable bonds is 3. The smallest absolute Gasteiger partial charge is 0.314 e. The lowest BCUT2D eigenvalue weighted by Gasteiger charge is -2.17. The van der Waals surface area contributed by atoms with E-state index >= 15 is 0 Å². The SMILES string of the molecule is Cc1ccc(Cl)cc1NC(=O)C(=O)Nc1cccc(N2CCCS2(=O)=O)c1. The van der Waals surface area contributed by atoms with Gasteiger partial charge in [0, 0.05) is 22.9 Å². The van der Waals surface area contributed by atoms with Crippen molar-refractivity contribution < 1.29 is 18.0 Å². The molecule has 0 bridgehead atoms. The topological polar surface area (TPSA) is 95.6 Å². The first kappa shape index (κ1) is 19.2. The van der Waals surface area contributed by atoms with Gasteiger partial charge in [-0.1, -0.05) is 23.7 Å². The molecule has 0 radical (unpaired) electrons. The molecule has 27 heavy (non-hydrogen) atoms. The van der Waals surface area contributed by atoms with Gasteiger partial charge >= 0.3 is 11.8 Å². The van der Waals surface area contributed by atoms with Crippen LogP contribution in [-0.4, -0.2) is 32.5 Å². The summed E-state index contributed by atoms with van der Waals surface area (Å²) in [5.41, 5.74) is 2.00. The van der Waals surface area contributed by atoms with Crippen LogP contribution in [0.5, 0.6) is 0 Å². The highest BCUT2D eigenvalue weighted by molar-refractivity contribution is 7.93. The van der Waals surface area contributed by atoms with Crippen LogP contribution in [0.1, 0.15) is 12.0 Å². The quantitative estimate of drug-likeness (QED) is 0.764. The van der Waals surface area contributed by atoms with Crippen molar-refractivity contribution in [3.63, 3.8) is 0 Å². The second-order valence-electron chi connectivity index (χ2n) is 6.16. The average molecular weight is 408 g/mol. The molecule has 0 aromatic heterocycles. The minimum Gasteiger partial charge on any atom is -0.318 e. The van der Waals surface area contributed by atoms with Gasteiger partial charge in [0.05, 0.1) is 11.4 Å². The molecule has 0 atom stereocenters. The first-order chi connectivity index (χ1) is 12.8. The van der Waals surface area contributed by atoms with Gasteiger partial charge in [0.2, 0.25) is 10.0 Å². The molecule has 142 valence electrons. The Morgan fingerprint density at radius 1 is 1.07 bits per heavy atom. The molecule has 0 spiro atoms. The maximum absolute atomic E-state index is 12.2. The van der Waals surface area contributed by atoms with Crippen LogP contribution in [0.3, 0.4) is 0 Å². The molecule has 0 aliphatic carbocycles. The summed E-state index contributed by atoms with van der Waals surface area (Å²) >= 11 is 5.91. The van der Waals surface area contributed by atoms with Crippen molar-refractivity contribution in [1.29, 1.82) is 0 Å². The Bertz CT molecular complexity index is 1010. The monoisotopic (exact) mass is 407 g/mol. The molecule has 0 saturated carbocycles. The molecule has 9 heteroatoms. The highest BCUT2D eigenvalue weighted by Crippen LogP contribution is 2.26. The lowest BCUT2D eigenvalue weighted by Crippen LogP contribution is -2.29. The fourth-order valence-electron chi connectivity index (χ4n) is 2.76. The van der Waals surface area contributed by atoms with E-state index in [4.69, 9.17) is 11.6 Å². The number of nitrogens with one attached hydrogen (secondary N) is 2. The molecule has 1 aliphatic rings. The molecule has 7 nitrogen and oxygen atoms in total. The van der Waals surface area contributed by atoms with E-state index in [1.54, 1.807) is 43.3 Å². The average Bonchev–Trinajstić information content (AvgIpc) is 2.97. The first-order valence-electron chi connectivity index (χ1n) is 8.25. The van der Waals surface area contributed by atoms with E-state index in [2.05, 4.69) is 10.6 Å². The zero-order valence-corrected chi connectivity index (χ0v) is 16.1. The Morgan fingerprint density at radius 2 is 1.81 bits per heavy atom. The minimum absolute atomic E-state index is 0.102. The molecule has 2 amide bonds. The van der Waals surface area contributed by atoms with E-state index in [9.17, 15) is 18.0 Å². The van der Waals surface area contributed by atoms with Gasteiger partial charge in [0.1, 0.15) is 0 Å². The van der Waals surface area contributed by atoms with Crippen LogP contribution in [0.2, 0.25) is 5.02 Å². The third-order valence-corrected chi connectivity index (χ3v) is 6.25. The highest BCUT2D eigenvalue weighted by Gasteiger charge is 2.28. The second-order valence-corrected chi connectivity index (χ2v) is 8.61. The zero-order valence-electron chi connectivity index (χ0n) is 14.5. The number of carbonyl (C=O) groups excluding carboxylic acids is 2. The highest BCUT2D eigenvalue weighted by atomic mass is 35.5. The molecule has 1 aliphatic heterocycles. The van der Waals surface area contributed by atoms with E-state index < -0.39 is 21.8 Å². The van der Waals surface area contributed by atoms with Crippen molar-refractivity contribution in [3.05, 3.63) is 53.1 Å². The number of nitrogens with zero attached hydrogens (tertiary/aromatic N) is 1. The number of aryl methyl sites for hydroxylation is 1. The molecule has 2 aromatic rings. The fraction of sp³-hybridized carbons (Fsp3) is 0.222. The first-order valence-corrected chi connectivity index (χ1v) is 10.2. The maximum atomic E-state index is 12.2. The molecule has 2 N–H and O–H groups in total. The van der Waals surface area contributed by atoms with Gasteiger partial charge in [-0.05, 0) is 49.2 Å². The van der Waals surface area contributed by atoms with Gasteiger partial charge in [-0.15, -0.1) is 0 Å². The van der Waals surface area contributed by atoms with Crippen LogP contribution in [0, 0.1) is 6.92 Å². The van der Waals surface area contributed by atoms with E-state index in [1.165, 1.54) is 10.4 Å². The van der Waals surface area contributed by atoms with Crippen LogP contribution < -0.4 is 14.9 Å². The number of amides is 2. The van der Waals surface area contributed by atoms with Crippen LogP contribution >= 0.6 is 11.6 Å². The van der Waals surface area contributed by atoms with E-state index in [1.807, 2.05) is 0 Å². The maximum Gasteiger partial charge on any atom is 0.314 e. The van der Waals surface area contributed by atoms with Gasteiger partial charge < -0.3 is 10.6 Å². The predicted molar refractivity (Wildman–Crippen MR) is 106 cm³/mol. The van der Waals surface area contributed by atoms with Crippen molar-refractivity contribution >= 4 is 50.5 Å². The lowest BCUT2D eigenvalue weighted by molar-refractivity contribution is -0.133. The summed E-state index contributed by atoms with van der Waals surface area (Å²) in [6.45, 7) is 2.18. The summed E-state index contributed by atoms with van der Waals surface area (Å²) in [6, 6.07) is 11.4.